The first-order valence-corrected chi connectivity index (χ1v) is 9.79. The minimum Gasteiger partial charge on any atom is -0.497 e. The first-order valence-electron chi connectivity index (χ1n) is 8.97. The lowest BCUT2D eigenvalue weighted by molar-refractivity contribution is 0.251. The smallest absolute Gasteiger partial charge is 0.319 e. The van der Waals surface area contributed by atoms with Gasteiger partial charge in [0.05, 0.1) is 25.0 Å². The van der Waals surface area contributed by atoms with Crippen molar-refractivity contribution in [3.8, 4) is 16.3 Å². The van der Waals surface area contributed by atoms with Crippen molar-refractivity contribution >= 4 is 28.0 Å². The van der Waals surface area contributed by atoms with Gasteiger partial charge in [-0.05, 0) is 36.4 Å². The lowest BCUT2D eigenvalue weighted by Gasteiger charge is -2.08. The first kappa shape index (κ1) is 20.4. The molecule has 2 N–H and O–H groups in total. The first-order chi connectivity index (χ1) is 14.9. The Bertz CT molecular complexity index is 1320. The molecule has 0 spiro atoms. The van der Waals surface area contributed by atoms with Crippen molar-refractivity contribution in [2.45, 2.75) is 6.54 Å². The Morgan fingerprint density at radius 1 is 1.16 bits per heavy atom. The average molecular weight is 443 g/mol. The maximum absolute atomic E-state index is 13.6. The SMILES string of the molecule is COc1ccc(-c2nn3c(=O)cc(CNC(=O)Nc4ccc(F)cc4F)nc3s2)cc1. The number of carbonyl (C=O) groups excluding carboxylic acids is 1. The van der Waals surface area contributed by atoms with Gasteiger partial charge in [0.2, 0.25) is 4.96 Å². The summed E-state index contributed by atoms with van der Waals surface area (Å²) >= 11 is 1.22. The van der Waals surface area contributed by atoms with E-state index in [1.165, 1.54) is 21.9 Å². The summed E-state index contributed by atoms with van der Waals surface area (Å²) in [7, 11) is 1.57. The number of anilines is 1. The second-order valence-electron chi connectivity index (χ2n) is 6.35. The van der Waals surface area contributed by atoms with Gasteiger partial charge in [0.15, 0.2) is 0 Å². The van der Waals surface area contributed by atoms with Gasteiger partial charge in [0, 0.05) is 17.7 Å². The average Bonchev–Trinajstić information content (AvgIpc) is 3.19. The van der Waals surface area contributed by atoms with Crippen LogP contribution in [0.25, 0.3) is 15.5 Å². The van der Waals surface area contributed by atoms with E-state index >= 15 is 0 Å². The van der Waals surface area contributed by atoms with Crippen molar-refractivity contribution in [3.05, 3.63) is 76.2 Å². The van der Waals surface area contributed by atoms with E-state index in [0.717, 1.165) is 17.7 Å². The Morgan fingerprint density at radius 2 is 1.94 bits per heavy atom. The van der Waals surface area contributed by atoms with E-state index in [1.807, 2.05) is 12.1 Å². The van der Waals surface area contributed by atoms with Gasteiger partial charge in [-0.25, -0.2) is 18.6 Å². The summed E-state index contributed by atoms with van der Waals surface area (Å²) in [6.45, 7) is -0.0733. The summed E-state index contributed by atoms with van der Waals surface area (Å²) in [4.78, 5) is 29.1. The molecule has 2 aromatic carbocycles. The van der Waals surface area contributed by atoms with E-state index in [4.69, 9.17) is 4.74 Å². The molecule has 0 saturated heterocycles. The second-order valence-corrected chi connectivity index (χ2v) is 7.30. The van der Waals surface area contributed by atoms with E-state index in [1.54, 1.807) is 19.2 Å². The predicted molar refractivity (Wildman–Crippen MR) is 111 cm³/mol. The molecule has 0 radical (unpaired) electrons. The zero-order valence-corrected chi connectivity index (χ0v) is 16.9. The molecule has 8 nitrogen and oxygen atoms in total. The van der Waals surface area contributed by atoms with Gasteiger partial charge in [-0.15, -0.1) is 0 Å². The monoisotopic (exact) mass is 443 g/mol. The van der Waals surface area contributed by atoms with E-state index < -0.39 is 23.2 Å². The summed E-state index contributed by atoms with van der Waals surface area (Å²) in [5.74, 6) is -0.948. The Balaban J connectivity index is 1.49. The number of methoxy groups -OCH3 is 1. The van der Waals surface area contributed by atoms with Gasteiger partial charge in [0.1, 0.15) is 22.4 Å². The summed E-state index contributed by atoms with van der Waals surface area (Å²) < 4.78 is 32.9. The number of carbonyl (C=O) groups is 1. The highest BCUT2D eigenvalue weighted by Gasteiger charge is 2.12. The quantitative estimate of drug-likeness (QED) is 0.493. The van der Waals surface area contributed by atoms with Crippen molar-refractivity contribution in [3.63, 3.8) is 0 Å². The molecule has 4 aromatic rings. The summed E-state index contributed by atoms with van der Waals surface area (Å²) in [5.41, 5.74) is 0.539. The number of urea groups is 1. The number of nitrogens with zero attached hydrogens (tertiary/aromatic N) is 3. The van der Waals surface area contributed by atoms with Crippen LogP contribution in [0.5, 0.6) is 5.75 Å². The summed E-state index contributed by atoms with van der Waals surface area (Å²) in [5, 5.41) is 9.65. The third-order valence-electron chi connectivity index (χ3n) is 4.24. The fraction of sp³-hybridized carbons (Fsp3) is 0.100. The highest BCUT2D eigenvalue weighted by molar-refractivity contribution is 7.19. The van der Waals surface area contributed by atoms with Crippen molar-refractivity contribution in [2.24, 2.45) is 0 Å². The second kappa shape index (κ2) is 8.48. The van der Waals surface area contributed by atoms with Crippen LogP contribution in [0.15, 0.2) is 53.3 Å². The molecule has 0 bridgehead atoms. The van der Waals surface area contributed by atoms with E-state index in [2.05, 4.69) is 20.7 Å². The molecule has 0 unspecified atom stereocenters. The molecule has 0 aliphatic heterocycles. The number of fused-ring (bicyclic) bond motifs is 1. The number of nitrogens with one attached hydrogen (secondary N) is 2. The number of benzene rings is 2. The van der Waals surface area contributed by atoms with Crippen LogP contribution in [0.4, 0.5) is 19.3 Å². The number of ether oxygens (including phenoxy) is 1. The standard InChI is InChI=1S/C20H15F2N5O3S/c1-30-14-5-2-11(3-6-14)18-26-27-17(28)9-13(24-20(27)31-18)10-23-19(29)25-16-7-4-12(21)8-15(16)22/h2-9H,10H2,1H3,(H2,23,25,29). The maximum atomic E-state index is 13.6. The summed E-state index contributed by atoms with van der Waals surface area (Å²) in [6, 6.07) is 10.5. The Kier molecular flexibility index (Phi) is 5.58. The van der Waals surface area contributed by atoms with Gasteiger partial charge in [-0.1, -0.05) is 11.3 Å². The van der Waals surface area contributed by atoms with Crippen molar-refractivity contribution in [1.29, 1.82) is 0 Å². The molecule has 0 aliphatic rings. The van der Waals surface area contributed by atoms with Gasteiger partial charge < -0.3 is 15.4 Å². The highest BCUT2D eigenvalue weighted by atomic mass is 32.1. The molecule has 11 heteroatoms. The van der Waals surface area contributed by atoms with E-state index in [-0.39, 0.29) is 12.2 Å². The molecule has 4 rings (SSSR count). The van der Waals surface area contributed by atoms with Gasteiger partial charge in [-0.2, -0.15) is 9.61 Å². The number of rotatable bonds is 5. The summed E-state index contributed by atoms with van der Waals surface area (Å²) in [6.07, 6.45) is 0. The number of amides is 2. The number of hydrogen-bond acceptors (Lipinski definition) is 6. The third kappa shape index (κ3) is 4.51. The molecule has 2 amide bonds. The topological polar surface area (TPSA) is 97.6 Å². The van der Waals surface area contributed by atoms with Crippen LogP contribution >= 0.6 is 11.3 Å². The van der Waals surface area contributed by atoms with Crippen LogP contribution in [-0.4, -0.2) is 27.7 Å². The van der Waals surface area contributed by atoms with E-state index in [0.29, 0.717) is 27.5 Å². The minimum atomic E-state index is -0.899. The molecule has 0 saturated carbocycles. The lowest BCUT2D eigenvalue weighted by atomic mass is 10.2. The molecule has 2 aromatic heterocycles. The molecule has 0 aliphatic carbocycles. The van der Waals surface area contributed by atoms with Crippen LogP contribution in [0.3, 0.4) is 0 Å². The van der Waals surface area contributed by atoms with Gasteiger partial charge >= 0.3 is 6.03 Å². The van der Waals surface area contributed by atoms with Gasteiger partial charge in [-0.3, -0.25) is 4.79 Å². The zero-order valence-electron chi connectivity index (χ0n) is 16.1. The highest BCUT2D eigenvalue weighted by Crippen LogP contribution is 2.26. The fourth-order valence-electron chi connectivity index (χ4n) is 2.73. The molecular formula is C20H15F2N5O3S. The predicted octanol–water partition coefficient (Wildman–Crippen LogP) is 3.43. The van der Waals surface area contributed by atoms with Gasteiger partial charge in [0.25, 0.3) is 5.56 Å². The Morgan fingerprint density at radius 3 is 2.65 bits per heavy atom. The molecule has 0 fully saturated rings. The van der Waals surface area contributed by atoms with Crippen LogP contribution in [0.2, 0.25) is 0 Å². The van der Waals surface area contributed by atoms with Crippen molar-refractivity contribution < 1.29 is 18.3 Å². The zero-order chi connectivity index (χ0) is 22.0. The van der Waals surface area contributed by atoms with Crippen molar-refractivity contribution in [2.75, 3.05) is 12.4 Å². The molecule has 0 atom stereocenters. The maximum Gasteiger partial charge on any atom is 0.319 e. The largest absolute Gasteiger partial charge is 0.497 e. The number of aromatic nitrogens is 3. The number of hydrogen-bond donors (Lipinski definition) is 2. The molecule has 158 valence electrons. The Hall–Kier alpha value is -3.86. The lowest BCUT2D eigenvalue weighted by Crippen LogP contribution is -2.29. The van der Waals surface area contributed by atoms with Crippen LogP contribution in [-0.2, 0) is 6.54 Å². The van der Waals surface area contributed by atoms with E-state index in [9.17, 15) is 18.4 Å². The molecule has 31 heavy (non-hydrogen) atoms. The normalized spacial score (nSPS) is 10.8. The van der Waals surface area contributed by atoms with Crippen LogP contribution in [0.1, 0.15) is 5.69 Å². The molecule has 2 heterocycles. The number of halogens is 2. The third-order valence-corrected chi connectivity index (χ3v) is 5.20. The Labute approximate surface area is 178 Å². The fourth-order valence-corrected chi connectivity index (χ4v) is 3.65. The van der Waals surface area contributed by atoms with Crippen molar-refractivity contribution in [1.82, 2.24) is 19.9 Å². The van der Waals surface area contributed by atoms with Crippen LogP contribution < -0.4 is 20.9 Å². The molecular weight excluding hydrogens is 428 g/mol. The van der Waals surface area contributed by atoms with Crippen LogP contribution in [0, 0.1) is 11.6 Å². The minimum absolute atomic E-state index is 0.0733.